The summed E-state index contributed by atoms with van der Waals surface area (Å²) in [5.41, 5.74) is 5.77. The molecule has 1 N–H and O–H groups in total. The van der Waals surface area contributed by atoms with Crippen LogP contribution in [0.5, 0.6) is 0 Å². The zero-order chi connectivity index (χ0) is 22.3. The maximum Gasteiger partial charge on any atom is 0.249 e. The summed E-state index contributed by atoms with van der Waals surface area (Å²) in [6, 6.07) is 14.2. The zero-order valence-electron chi connectivity index (χ0n) is 18.2. The summed E-state index contributed by atoms with van der Waals surface area (Å²) in [5.74, 6) is -2.47. The highest BCUT2D eigenvalue weighted by Crippen LogP contribution is 2.59. The van der Waals surface area contributed by atoms with Crippen molar-refractivity contribution in [2.24, 2.45) is 5.41 Å². The lowest BCUT2D eigenvalue weighted by molar-refractivity contribution is -0.163. The quantitative estimate of drug-likeness (QED) is 0.476. The SMILES string of the molecule is C=C(N[C@@H](C)c1ccccn1)c1cnc2c(C3=CCC4(CC3)CC(F)(F)C4)cccc2c1. The van der Waals surface area contributed by atoms with E-state index in [-0.39, 0.29) is 24.3 Å². The molecule has 0 aliphatic heterocycles. The molecule has 2 aliphatic carbocycles. The third-order valence-electron chi connectivity index (χ3n) is 6.90. The molecule has 32 heavy (non-hydrogen) atoms. The van der Waals surface area contributed by atoms with Crippen molar-refractivity contribution in [2.45, 2.75) is 51.0 Å². The summed E-state index contributed by atoms with van der Waals surface area (Å²) >= 11 is 0. The summed E-state index contributed by atoms with van der Waals surface area (Å²) in [6.07, 6.45) is 8.26. The fourth-order valence-electron chi connectivity index (χ4n) is 5.19. The average Bonchev–Trinajstić information content (AvgIpc) is 2.78. The van der Waals surface area contributed by atoms with Crippen LogP contribution < -0.4 is 5.32 Å². The van der Waals surface area contributed by atoms with Gasteiger partial charge in [-0.25, -0.2) is 8.78 Å². The highest BCUT2D eigenvalue weighted by molar-refractivity contribution is 5.92. The Morgan fingerprint density at radius 2 is 1.97 bits per heavy atom. The van der Waals surface area contributed by atoms with Crippen molar-refractivity contribution in [3.8, 4) is 0 Å². The molecule has 1 saturated carbocycles. The Morgan fingerprint density at radius 1 is 1.12 bits per heavy atom. The monoisotopic (exact) mass is 431 g/mol. The van der Waals surface area contributed by atoms with Crippen LogP contribution in [0.15, 0.2) is 67.5 Å². The Hall–Kier alpha value is -3.08. The van der Waals surface area contributed by atoms with Crippen molar-refractivity contribution < 1.29 is 8.78 Å². The Balaban J connectivity index is 1.36. The molecule has 1 atom stereocenters. The van der Waals surface area contributed by atoms with Crippen molar-refractivity contribution in [2.75, 3.05) is 0 Å². The van der Waals surface area contributed by atoms with Gasteiger partial charge in [-0.2, -0.15) is 0 Å². The Kier molecular flexibility index (Phi) is 5.07. The summed E-state index contributed by atoms with van der Waals surface area (Å²) in [7, 11) is 0. The molecule has 2 aromatic heterocycles. The number of rotatable bonds is 5. The van der Waals surface area contributed by atoms with Crippen LogP contribution in [0.4, 0.5) is 8.78 Å². The molecule has 0 unspecified atom stereocenters. The van der Waals surface area contributed by atoms with E-state index in [1.54, 1.807) is 6.20 Å². The number of fused-ring (bicyclic) bond motifs is 1. The van der Waals surface area contributed by atoms with Crippen molar-refractivity contribution in [1.82, 2.24) is 15.3 Å². The van der Waals surface area contributed by atoms with Crippen molar-refractivity contribution in [3.05, 3.63) is 84.3 Å². The topological polar surface area (TPSA) is 37.8 Å². The van der Waals surface area contributed by atoms with Crippen LogP contribution in [-0.2, 0) is 0 Å². The minimum atomic E-state index is -2.47. The molecule has 3 nitrogen and oxygen atoms in total. The van der Waals surface area contributed by atoms with Gasteiger partial charge in [-0.3, -0.25) is 9.97 Å². The van der Waals surface area contributed by atoms with Gasteiger partial charge in [0.15, 0.2) is 0 Å². The van der Waals surface area contributed by atoms with Gasteiger partial charge in [0.1, 0.15) is 0 Å². The third-order valence-corrected chi connectivity index (χ3v) is 6.90. The number of nitrogens with zero attached hydrogens (tertiary/aromatic N) is 2. The Labute approximate surface area is 187 Å². The minimum Gasteiger partial charge on any atom is -0.377 e. The first-order chi connectivity index (χ1) is 15.3. The van der Waals surface area contributed by atoms with Gasteiger partial charge in [0.25, 0.3) is 0 Å². The molecule has 3 aromatic rings. The highest BCUT2D eigenvalue weighted by Gasteiger charge is 2.55. The van der Waals surface area contributed by atoms with Gasteiger partial charge in [0, 0.05) is 47.4 Å². The van der Waals surface area contributed by atoms with E-state index in [1.807, 2.05) is 30.5 Å². The van der Waals surface area contributed by atoms with E-state index >= 15 is 0 Å². The molecule has 2 aliphatic rings. The van der Waals surface area contributed by atoms with Crippen molar-refractivity contribution >= 4 is 22.2 Å². The van der Waals surface area contributed by atoms with Gasteiger partial charge < -0.3 is 5.32 Å². The zero-order valence-corrected chi connectivity index (χ0v) is 18.2. The number of pyridine rings is 2. The molecule has 164 valence electrons. The summed E-state index contributed by atoms with van der Waals surface area (Å²) < 4.78 is 26.9. The van der Waals surface area contributed by atoms with Gasteiger partial charge in [-0.1, -0.05) is 36.9 Å². The predicted octanol–water partition coefficient (Wildman–Crippen LogP) is 6.93. The second kappa shape index (κ2) is 7.80. The normalized spacial score (nSPS) is 19.8. The molecule has 0 bridgehead atoms. The van der Waals surface area contributed by atoms with Gasteiger partial charge in [-0.05, 0) is 55.4 Å². The number of allylic oxidation sites excluding steroid dienone is 2. The Bertz CT molecular complexity index is 1190. The number of nitrogens with one attached hydrogen (secondary N) is 1. The third kappa shape index (κ3) is 3.92. The molecule has 0 radical (unpaired) electrons. The van der Waals surface area contributed by atoms with Gasteiger partial charge >= 0.3 is 0 Å². The van der Waals surface area contributed by atoms with E-state index in [2.05, 4.69) is 48.1 Å². The van der Waals surface area contributed by atoms with Crippen LogP contribution in [0.3, 0.4) is 0 Å². The number of hydrogen-bond donors (Lipinski definition) is 1. The van der Waals surface area contributed by atoms with E-state index in [9.17, 15) is 8.78 Å². The largest absolute Gasteiger partial charge is 0.377 e. The molecule has 2 heterocycles. The fraction of sp³-hybridized carbons (Fsp3) is 0.333. The van der Waals surface area contributed by atoms with Crippen LogP contribution in [0, 0.1) is 5.41 Å². The first-order valence-corrected chi connectivity index (χ1v) is 11.2. The van der Waals surface area contributed by atoms with E-state index in [1.165, 1.54) is 5.57 Å². The molecule has 5 rings (SSSR count). The van der Waals surface area contributed by atoms with Crippen LogP contribution in [0.1, 0.15) is 61.9 Å². The van der Waals surface area contributed by atoms with Gasteiger partial charge in [0.05, 0.1) is 17.3 Å². The number of benzene rings is 1. The molecule has 0 saturated heterocycles. The first kappa shape index (κ1) is 20.8. The summed E-state index contributed by atoms with van der Waals surface area (Å²) in [4.78, 5) is 9.17. The second-order valence-electron chi connectivity index (χ2n) is 9.34. The lowest BCUT2D eigenvalue weighted by Crippen LogP contribution is -2.46. The lowest BCUT2D eigenvalue weighted by atomic mass is 9.59. The van der Waals surface area contributed by atoms with Crippen LogP contribution in [-0.4, -0.2) is 15.9 Å². The molecule has 1 fully saturated rings. The molecule has 5 heteroatoms. The highest BCUT2D eigenvalue weighted by atomic mass is 19.3. The van der Waals surface area contributed by atoms with Gasteiger partial charge in [-0.15, -0.1) is 0 Å². The van der Waals surface area contributed by atoms with Crippen molar-refractivity contribution in [3.63, 3.8) is 0 Å². The molecule has 0 amide bonds. The molecular weight excluding hydrogens is 404 g/mol. The van der Waals surface area contributed by atoms with Crippen LogP contribution >= 0.6 is 0 Å². The Morgan fingerprint density at radius 3 is 2.66 bits per heavy atom. The minimum absolute atomic E-state index is 0.0318. The number of para-hydroxylation sites is 1. The summed E-state index contributed by atoms with van der Waals surface area (Å²) in [6.45, 7) is 6.26. The number of halogens is 2. The fourth-order valence-corrected chi connectivity index (χ4v) is 5.19. The lowest BCUT2D eigenvalue weighted by Gasteiger charge is -2.49. The maximum absolute atomic E-state index is 13.4. The molecule has 1 aromatic carbocycles. The average molecular weight is 432 g/mol. The molecular formula is C27H27F2N3. The maximum atomic E-state index is 13.4. The van der Waals surface area contributed by atoms with E-state index in [0.717, 1.165) is 52.7 Å². The van der Waals surface area contributed by atoms with E-state index in [0.29, 0.717) is 0 Å². The first-order valence-electron chi connectivity index (χ1n) is 11.2. The van der Waals surface area contributed by atoms with Gasteiger partial charge in [0.2, 0.25) is 5.92 Å². The molecule has 1 spiro atoms. The summed E-state index contributed by atoms with van der Waals surface area (Å²) in [5, 5.41) is 4.46. The number of aromatic nitrogens is 2. The predicted molar refractivity (Wildman–Crippen MR) is 125 cm³/mol. The second-order valence-corrected chi connectivity index (χ2v) is 9.34. The van der Waals surface area contributed by atoms with Crippen LogP contribution in [0.2, 0.25) is 0 Å². The van der Waals surface area contributed by atoms with Crippen molar-refractivity contribution in [1.29, 1.82) is 0 Å². The van der Waals surface area contributed by atoms with E-state index in [4.69, 9.17) is 4.98 Å². The standard InChI is InChI=1S/C27H27F2N3/c1-18(32-19(2)24-8-3-4-13-30-24)22-14-21-6-5-7-23(25(21)31-15-22)20-9-11-26(12-10-20)16-27(28,29)17-26/h3-9,13-15,19,32H,1,10-12,16-17H2,2H3/t19-/m0/s1. The number of hydrogen-bond acceptors (Lipinski definition) is 3. The smallest absolute Gasteiger partial charge is 0.249 e. The van der Waals surface area contributed by atoms with Crippen LogP contribution in [0.25, 0.3) is 22.2 Å². The number of alkyl halides is 2. The van der Waals surface area contributed by atoms with E-state index < -0.39 is 5.92 Å².